The lowest BCUT2D eigenvalue weighted by atomic mass is 10.1. The zero-order valence-corrected chi connectivity index (χ0v) is 19.9. The molecule has 0 amide bonds. The molecular weight excluding hydrogens is 336 g/mol. The molecule has 0 aromatic heterocycles. The van der Waals surface area contributed by atoms with Crippen molar-refractivity contribution in [2.24, 2.45) is 0 Å². The molecule has 0 aliphatic carbocycles. The summed E-state index contributed by atoms with van der Waals surface area (Å²) in [5.74, 6) is 0. The summed E-state index contributed by atoms with van der Waals surface area (Å²) >= 11 is 0. The van der Waals surface area contributed by atoms with Gasteiger partial charge in [0.25, 0.3) is 0 Å². The molecule has 0 spiro atoms. The van der Waals surface area contributed by atoms with E-state index in [9.17, 15) is 0 Å². The zero-order chi connectivity index (χ0) is 19.5. The van der Waals surface area contributed by atoms with E-state index < -0.39 is 8.56 Å². The molecule has 0 aliphatic rings. The van der Waals surface area contributed by atoms with Crippen molar-refractivity contribution in [3.05, 3.63) is 0 Å². The fourth-order valence-corrected chi connectivity index (χ4v) is 5.31. The predicted octanol–water partition coefficient (Wildman–Crippen LogP) is 8.39. The average Bonchev–Trinajstić information content (AvgIpc) is 2.59. The fourth-order valence-electron chi connectivity index (χ4n) is 3.52. The Kier molecular flexibility index (Phi) is 18.6. The maximum Gasteiger partial charge on any atom is 0.331 e. The Labute approximate surface area is 167 Å². The third-order valence-corrected chi connectivity index (χ3v) is 7.02. The minimum atomic E-state index is -1.93. The lowest BCUT2D eigenvalue weighted by molar-refractivity contribution is 0.122. The molecule has 0 bridgehead atoms. The standard InChI is InChI=1S/C23H50O2Si/c1-6-8-10-12-13-14-15-16-17-18-20-22-24-26(4,5)25-23(3)21-19-11-9-7-2/h23H,6-22H2,1-5H3. The van der Waals surface area contributed by atoms with Crippen LogP contribution in [0.5, 0.6) is 0 Å². The van der Waals surface area contributed by atoms with Crippen LogP contribution >= 0.6 is 0 Å². The van der Waals surface area contributed by atoms with Crippen LogP contribution < -0.4 is 0 Å². The molecule has 0 aromatic rings. The monoisotopic (exact) mass is 386 g/mol. The van der Waals surface area contributed by atoms with Crippen molar-refractivity contribution in [3.63, 3.8) is 0 Å². The molecule has 1 unspecified atom stereocenters. The van der Waals surface area contributed by atoms with Crippen LogP contribution in [0, 0.1) is 0 Å². The Bertz CT molecular complexity index is 281. The quantitative estimate of drug-likeness (QED) is 0.154. The predicted molar refractivity (Wildman–Crippen MR) is 119 cm³/mol. The van der Waals surface area contributed by atoms with Gasteiger partial charge in [-0.15, -0.1) is 0 Å². The smallest absolute Gasteiger partial charge is 0.331 e. The van der Waals surface area contributed by atoms with E-state index in [-0.39, 0.29) is 0 Å². The molecule has 0 aliphatic heterocycles. The maximum atomic E-state index is 6.23. The van der Waals surface area contributed by atoms with Gasteiger partial charge in [-0.05, 0) is 32.9 Å². The summed E-state index contributed by atoms with van der Waals surface area (Å²) in [5, 5.41) is 0. The number of hydrogen-bond donors (Lipinski definition) is 0. The average molecular weight is 387 g/mol. The molecule has 0 heterocycles. The van der Waals surface area contributed by atoms with Gasteiger partial charge in [0.05, 0.1) is 0 Å². The third kappa shape index (κ3) is 18.9. The highest BCUT2D eigenvalue weighted by Crippen LogP contribution is 2.16. The van der Waals surface area contributed by atoms with Crippen LogP contribution in [0.15, 0.2) is 0 Å². The Morgan fingerprint density at radius 1 is 0.615 bits per heavy atom. The third-order valence-electron chi connectivity index (χ3n) is 5.15. The highest BCUT2D eigenvalue weighted by Gasteiger charge is 2.26. The molecule has 0 fully saturated rings. The lowest BCUT2D eigenvalue weighted by Gasteiger charge is -2.27. The Morgan fingerprint density at radius 2 is 1.04 bits per heavy atom. The second-order valence-corrected chi connectivity index (χ2v) is 11.9. The van der Waals surface area contributed by atoms with Crippen LogP contribution in [-0.4, -0.2) is 21.3 Å². The van der Waals surface area contributed by atoms with Crippen molar-refractivity contribution < 1.29 is 8.85 Å². The van der Waals surface area contributed by atoms with Crippen LogP contribution in [0.25, 0.3) is 0 Å². The van der Waals surface area contributed by atoms with Gasteiger partial charge in [0.2, 0.25) is 0 Å². The Morgan fingerprint density at radius 3 is 1.54 bits per heavy atom. The SMILES string of the molecule is CCCCCCCCCCCCCO[Si](C)(C)OC(C)CCCCCC. The van der Waals surface area contributed by atoms with E-state index in [1.807, 2.05) is 0 Å². The van der Waals surface area contributed by atoms with Gasteiger partial charge in [0.1, 0.15) is 0 Å². The molecule has 0 aromatic carbocycles. The summed E-state index contributed by atoms with van der Waals surface area (Å²) in [6.07, 6.45) is 22.0. The molecule has 158 valence electrons. The molecule has 1 atom stereocenters. The van der Waals surface area contributed by atoms with Crippen LogP contribution in [0.2, 0.25) is 13.1 Å². The van der Waals surface area contributed by atoms with E-state index in [4.69, 9.17) is 8.85 Å². The zero-order valence-electron chi connectivity index (χ0n) is 18.9. The summed E-state index contributed by atoms with van der Waals surface area (Å²) in [6, 6.07) is 0. The minimum absolute atomic E-state index is 0.353. The topological polar surface area (TPSA) is 18.5 Å². The summed E-state index contributed by atoms with van der Waals surface area (Å²) in [6.45, 7) is 12.1. The summed E-state index contributed by atoms with van der Waals surface area (Å²) < 4.78 is 12.4. The molecule has 3 heteroatoms. The van der Waals surface area contributed by atoms with Gasteiger partial charge in [0.15, 0.2) is 0 Å². The molecule has 26 heavy (non-hydrogen) atoms. The van der Waals surface area contributed by atoms with E-state index in [2.05, 4.69) is 33.9 Å². The van der Waals surface area contributed by atoms with Crippen LogP contribution in [0.1, 0.15) is 124 Å². The van der Waals surface area contributed by atoms with Crippen molar-refractivity contribution in [3.8, 4) is 0 Å². The van der Waals surface area contributed by atoms with E-state index in [0.717, 1.165) is 6.61 Å². The minimum Gasteiger partial charge on any atom is -0.395 e. The van der Waals surface area contributed by atoms with Gasteiger partial charge < -0.3 is 8.85 Å². The number of rotatable bonds is 20. The van der Waals surface area contributed by atoms with E-state index in [1.54, 1.807) is 0 Å². The largest absolute Gasteiger partial charge is 0.395 e. The molecule has 0 rings (SSSR count). The first-order chi connectivity index (χ1) is 12.5. The van der Waals surface area contributed by atoms with E-state index in [1.165, 1.54) is 103 Å². The molecule has 0 saturated carbocycles. The summed E-state index contributed by atoms with van der Waals surface area (Å²) in [5.41, 5.74) is 0. The second-order valence-electron chi connectivity index (χ2n) is 8.56. The lowest BCUT2D eigenvalue weighted by Crippen LogP contribution is -2.38. The number of hydrogen-bond acceptors (Lipinski definition) is 2. The van der Waals surface area contributed by atoms with Gasteiger partial charge in [-0.25, -0.2) is 0 Å². The van der Waals surface area contributed by atoms with Crippen molar-refractivity contribution in [1.82, 2.24) is 0 Å². The first-order valence-corrected chi connectivity index (χ1v) is 14.6. The molecule has 0 radical (unpaired) electrons. The highest BCUT2D eigenvalue weighted by atomic mass is 28.4. The van der Waals surface area contributed by atoms with E-state index in [0.29, 0.717) is 6.10 Å². The van der Waals surface area contributed by atoms with Gasteiger partial charge in [-0.3, -0.25) is 0 Å². The van der Waals surface area contributed by atoms with Gasteiger partial charge in [-0.1, -0.05) is 104 Å². The maximum absolute atomic E-state index is 6.23. The molecule has 0 saturated heterocycles. The highest BCUT2D eigenvalue weighted by molar-refractivity contribution is 6.64. The van der Waals surface area contributed by atoms with Gasteiger partial charge in [0, 0.05) is 12.7 Å². The van der Waals surface area contributed by atoms with Crippen molar-refractivity contribution in [2.45, 2.75) is 143 Å². The first-order valence-electron chi connectivity index (χ1n) is 11.8. The van der Waals surface area contributed by atoms with Crippen LogP contribution in [0.3, 0.4) is 0 Å². The second kappa shape index (κ2) is 18.5. The fraction of sp³-hybridized carbons (Fsp3) is 1.00. The Hall–Kier alpha value is 0.137. The van der Waals surface area contributed by atoms with Gasteiger partial charge >= 0.3 is 8.56 Å². The van der Waals surface area contributed by atoms with Gasteiger partial charge in [-0.2, -0.15) is 0 Å². The first kappa shape index (κ1) is 26.1. The Balaban J connectivity index is 3.44. The summed E-state index contributed by atoms with van der Waals surface area (Å²) in [4.78, 5) is 0. The van der Waals surface area contributed by atoms with Crippen LogP contribution in [0.4, 0.5) is 0 Å². The molecule has 0 N–H and O–H groups in total. The normalized spacial score (nSPS) is 13.3. The van der Waals surface area contributed by atoms with E-state index >= 15 is 0 Å². The number of unbranched alkanes of at least 4 members (excludes halogenated alkanes) is 13. The van der Waals surface area contributed by atoms with Crippen molar-refractivity contribution in [2.75, 3.05) is 6.61 Å². The summed E-state index contributed by atoms with van der Waals surface area (Å²) in [7, 11) is -1.93. The van der Waals surface area contributed by atoms with Crippen molar-refractivity contribution in [1.29, 1.82) is 0 Å². The molecular formula is C23H50O2Si. The van der Waals surface area contributed by atoms with Crippen LogP contribution in [-0.2, 0) is 8.85 Å². The molecule has 2 nitrogen and oxygen atoms in total. The van der Waals surface area contributed by atoms with Crippen molar-refractivity contribution >= 4 is 8.56 Å².